The van der Waals surface area contributed by atoms with E-state index in [1.165, 1.54) is 6.20 Å². The highest BCUT2D eigenvalue weighted by molar-refractivity contribution is 5.96. The first-order chi connectivity index (χ1) is 13.6. The van der Waals surface area contributed by atoms with Crippen LogP contribution < -0.4 is 20.7 Å². The number of carbonyl (C=O) groups is 2. The maximum atomic E-state index is 12.8. The third-order valence-corrected chi connectivity index (χ3v) is 5.67. The second kappa shape index (κ2) is 7.59. The average Bonchev–Trinajstić information content (AvgIpc) is 3.42. The van der Waals surface area contributed by atoms with Gasteiger partial charge in [-0.3, -0.25) is 14.6 Å². The molecule has 1 saturated carbocycles. The van der Waals surface area contributed by atoms with Crippen LogP contribution in [-0.2, 0) is 4.79 Å². The van der Waals surface area contributed by atoms with Gasteiger partial charge in [-0.15, -0.1) is 0 Å². The topological polar surface area (TPSA) is 92.4 Å². The number of hydrogen-bond donors (Lipinski definition) is 3. The number of carbonyl (C=O) groups excluding carboxylic acids is 2. The summed E-state index contributed by atoms with van der Waals surface area (Å²) in [6.45, 7) is 1.97. The standard InChI is InChI=1S/C21H24N4O3/c1-22-20(27)17-12-14(6-9-24-17)28-18-5-3-2-4-16(18)25-19(26)15-13-21(15)7-10-23-11-8-21/h2-6,9,12,15,23H,7-8,10-11,13H2,1H3,(H,22,27)(H,25,26). The van der Waals surface area contributed by atoms with Crippen LogP contribution in [0.5, 0.6) is 11.5 Å². The third-order valence-electron chi connectivity index (χ3n) is 5.67. The Bertz CT molecular complexity index is 893. The molecule has 1 unspecified atom stereocenters. The Morgan fingerprint density at radius 1 is 1.21 bits per heavy atom. The van der Waals surface area contributed by atoms with E-state index >= 15 is 0 Å². The van der Waals surface area contributed by atoms with Crippen molar-refractivity contribution in [3.05, 3.63) is 48.3 Å². The number of ether oxygens (including phenoxy) is 1. The highest BCUT2D eigenvalue weighted by Gasteiger charge is 2.57. The summed E-state index contributed by atoms with van der Waals surface area (Å²) in [5, 5.41) is 8.93. The van der Waals surface area contributed by atoms with Crippen LogP contribution in [0, 0.1) is 11.3 Å². The van der Waals surface area contributed by atoms with Gasteiger partial charge in [0.25, 0.3) is 5.91 Å². The molecule has 4 rings (SSSR count). The number of nitrogens with one attached hydrogen (secondary N) is 3. The van der Waals surface area contributed by atoms with E-state index in [1.54, 1.807) is 25.2 Å². The molecule has 3 N–H and O–H groups in total. The number of rotatable bonds is 5. The number of pyridine rings is 1. The lowest BCUT2D eigenvalue weighted by Gasteiger charge is -2.23. The first-order valence-corrected chi connectivity index (χ1v) is 9.58. The fourth-order valence-electron chi connectivity index (χ4n) is 3.93. The van der Waals surface area contributed by atoms with E-state index in [1.807, 2.05) is 18.2 Å². The number of hydrogen-bond acceptors (Lipinski definition) is 5. The molecule has 1 spiro atoms. The Labute approximate surface area is 163 Å². The van der Waals surface area contributed by atoms with Gasteiger partial charge in [0, 0.05) is 25.2 Å². The van der Waals surface area contributed by atoms with E-state index in [0.717, 1.165) is 32.4 Å². The molecule has 2 aromatic rings. The number of aromatic nitrogens is 1. The lowest BCUT2D eigenvalue weighted by Crippen LogP contribution is -2.31. The van der Waals surface area contributed by atoms with Crippen LogP contribution in [0.15, 0.2) is 42.6 Å². The summed E-state index contributed by atoms with van der Waals surface area (Å²) in [7, 11) is 1.55. The first kappa shape index (κ1) is 18.4. The van der Waals surface area contributed by atoms with Crippen molar-refractivity contribution in [3.63, 3.8) is 0 Å². The molecule has 1 aromatic heterocycles. The smallest absolute Gasteiger partial charge is 0.269 e. The van der Waals surface area contributed by atoms with Crippen LogP contribution in [0.25, 0.3) is 0 Å². The van der Waals surface area contributed by atoms with Crippen molar-refractivity contribution in [1.82, 2.24) is 15.6 Å². The summed E-state index contributed by atoms with van der Waals surface area (Å²) in [4.78, 5) is 28.6. The molecule has 1 saturated heterocycles. The van der Waals surface area contributed by atoms with E-state index in [9.17, 15) is 9.59 Å². The van der Waals surface area contributed by atoms with Gasteiger partial charge in [-0.05, 0) is 56.0 Å². The number of piperidine rings is 1. The monoisotopic (exact) mass is 380 g/mol. The average molecular weight is 380 g/mol. The maximum Gasteiger partial charge on any atom is 0.269 e. The van der Waals surface area contributed by atoms with Gasteiger partial charge in [0.05, 0.1) is 5.69 Å². The van der Waals surface area contributed by atoms with E-state index < -0.39 is 0 Å². The molecular weight excluding hydrogens is 356 g/mol. The molecule has 1 aliphatic carbocycles. The SMILES string of the molecule is CNC(=O)c1cc(Oc2ccccc2NC(=O)C2CC23CCNCC3)ccn1. The number of benzene rings is 1. The van der Waals surface area contributed by atoms with E-state index in [2.05, 4.69) is 20.9 Å². The van der Waals surface area contributed by atoms with E-state index in [-0.39, 0.29) is 28.8 Å². The zero-order valence-corrected chi connectivity index (χ0v) is 15.8. The van der Waals surface area contributed by atoms with Gasteiger partial charge < -0.3 is 20.7 Å². The zero-order chi connectivity index (χ0) is 19.6. The van der Waals surface area contributed by atoms with Gasteiger partial charge in [-0.25, -0.2) is 0 Å². The molecule has 7 heteroatoms. The van der Waals surface area contributed by atoms with Crippen molar-refractivity contribution in [1.29, 1.82) is 0 Å². The highest BCUT2D eigenvalue weighted by atomic mass is 16.5. The van der Waals surface area contributed by atoms with Crippen molar-refractivity contribution in [2.45, 2.75) is 19.3 Å². The molecule has 0 radical (unpaired) electrons. The normalized spacial score (nSPS) is 19.7. The Morgan fingerprint density at radius 2 is 2.00 bits per heavy atom. The van der Waals surface area contributed by atoms with Crippen molar-refractivity contribution < 1.29 is 14.3 Å². The molecule has 1 aliphatic heterocycles. The van der Waals surface area contributed by atoms with E-state index in [4.69, 9.17) is 4.74 Å². The van der Waals surface area contributed by atoms with E-state index in [0.29, 0.717) is 17.2 Å². The Morgan fingerprint density at radius 3 is 2.79 bits per heavy atom. The van der Waals surface area contributed by atoms with Gasteiger partial charge in [-0.2, -0.15) is 0 Å². The Hall–Kier alpha value is -2.93. The molecular formula is C21H24N4O3. The lowest BCUT2D eigenvalue weighted by molar-refractivity contribution is -0.118. The Kier molecular flexibility index (Phi) is 5.00. The number of para-hydroxylation sites is 2. The van der Waals surface area contributed by atoms with Gasteiger partial charge >= 0.3 is 0 Å². The third kappa shape index (κ3) is 3.71. The lowest BCUT2D eigenvalue weighted by atomic mass is 9.92. The van der Waals surface area contributed by atoms with Gasteiger partial charge in [0.15, 0.2) is 5.75 Å². The number of anilines is 1. The quantitative estimate of drug-likeness (QED) is 0.741. The van der Waals surface area contributed by atoms with Crippen LogP contribution in [0.1, 0.15) is 29.8 Å². The fraction of sp³-hybridized carbons (Fsp3) is 0.381. The highest BCUT2D eigenvalue weighted by Crippen LogP contribution is 2.58. The van der Waals surface area contributed by atoms with Gasteiger partial charge in [-0.1, -0.05) is 12.1 Å². The van der Waals surface area contributed by atoms with Crippen LogP contribution in [0.3, 0.4) is 0 Å². The maximum absolute atomic E-state index is 12.8. The number of amides is 2. The summed E-state index contributed by atoms with van der Waals surface area (Å²) >= 11 is 0. The van der Waals surface area contributed by atoms with Crippen molar-refractivity contribution in [3.8, 4) is 11.5 Å². The molecule has 7 nitrogen and oxygen atoms in total. The van der Waals surface area contributed by atoms with Gasteiger partial charge in [0.2, 0.25) is 5.91 Å². The molecule has 0 bridgehead atoms. The van der Waals surface area contributed by atoms with Crippen LogP contribution in [0.4, 0.5) is 5.69 Å². The van der Waals surface area contributed by atoms with Crippen LogP contribution in [0.2, 0.25) is 0 Å². The van der Waals surface area contributed by atoms with Crippen molar-refractivity contribution in [2.75, 3.05) is 25.5 Å². The predicted octanol–water partition coefficient (Wildman–Crippen LogP) is 2.56. The molecule has 146 valence electrons. The molecule has 2 aliphatic rings. The molecule has 2 fully saturated rings. The van der Waals surface area contributed by atoms with Gasteiger partial charge in [0.1, 0.15) is 11.4 Å². The minimum absolute atomic E-state index is 0.0544. The molecule has 1 aromatic carbocycles. The largest absolute Gasteiger partial charge is 0.455 e. The van der Waals surface area contributed by atoms with Crippen LogP contribution in [-0.4, -0.2) is 36.9 Å². The number of nitrogens with zero attached hydrogens (tertiary/aromatic N) is 1. The zero-order valence-electron chi connectivity index (χ0n) is 15.8. The second-order valence-corrected chi connectivity index (χ2v) is 7.41. The minimum atomic E-state index is -0.284. The Balaban J connectivity index is 1.47. The molecule has 28 heavy (non-hydrogen) atoms. The summed E-state index contributed by atoms with van der Waals surface area (Å²) in [5.74, 6) is 0.858. The molecule has 1 atom stereocenters. The summed E-state index contributed by atoms with van der Waals surface area (Å²) < 4.78 is 5.94. The van der Waals surface area contributed by atoms with Crippen molar-refractivity contribution in [2.24, 2.45) is 11.3 Å². The molecule has 2 amide bonds. The minimum Gasteiger partial charge on any atom is -0.455 e. The summed E-state index contributed by atoms with van der Waals surface area (Å²) in [5.41, 5.74) is 1.08. The second-order valence-electron chi connectivity index (χ2n) is 7.41. The summed E-state index contributed by atoms with van der Waals surface area (Å²) in [6, 6.07) is 10.6. The fourth-order valence-corrected chi connectivity index (χ4v) is 3.93. The first-order valence-electron chi connectivity index (χ1n) is 9.58. The predicted molar refractivity (Wildman–Crippen MR) is 105 cm³/mol. The summed E-state index contributed by atoms with van der Waals surface area (Å²) in [6.07, 6.45) is 4.60. The van der Waals surface area contributed by atoms with Crippen molar-refractivity contribution >= 4 is 17.5 Å². The molecule has 2 heterocycles. The van der Waals surface area contributed by atoms with Crippen LogP contribution >= 0.6 is 0 Å².